The standard InChI is InChI=1S/C21H23ClN6O2/c22-17-6-7-20(27-8-10-30-11-9-27)18(12-17)25-21(29)26-19(13-28-15-23-14-24-28)16-4-2-1-3-5-16/h1-7,12,14-15,19H,8-11,13H2,(H2,25,26,29). The van der Waals surface area contributed by atoms with Crippen LogP contribution >= 0.6 is 11.6 Å². The lowest BCUT2D eigenvalue weighted by Crippen LogP contribution is -2.38. The Morgan fingerprint density at radius 1 is 1.17 bits per heavy atom. The fraction of sp³-hybridized carbons (Fsp3) is 0.286. The van der Waals surface area contributed by atoms with Crippen LogP contribution in [-0.4, -0.2) is 47.1 Å². The lowest BCUT2D eigenvalue weighted by Gasteiger charge is -2.30. The minimum Gasteiger partial charge on any atom is -0.378 e. The summed E-state index contributed by atoms with van der Waals surface area (Å²) in [6.45, 7) is 3.29. The van der Waals surface area contributed by atoms with Gasteiger partial charge in [-0.1, -0.05) is 41.9 Å². The molecular weight excluding hydrogens is 404 g/mol. The van der Waals surface area contributed by atoms with Gasteiger partial charge in [-0.3, -0.25) is 4.68 Å². The van der Waals surface area contributed by atoms with Crippen molar-refractivity contribution in [1.29, 1.82) is 0 Å². The molecule has 1 aliphatic rings. The number of amides is 2. The number of hydrogen-bond donors (Lipinski definition) is 2. The van der Waals surface area contributed by atoms with Crippen molar-refractivity contribution >= 4 is 29.0 Å². The number of halogens is 1. The molecule has 2 heterocycles. The van der Waals surface area contributed by atoms with Gasteiger partial charge in [-0.25, -0.2) is 9.78 Å². The number of carbonyl (C=O) groups is 1. The van der Waals surface area contributed by atoms with E-state index in [1.807, 2.05) is 42.5 Å². The minimum absolute atomic E-state index is 0.279. The first kappa shape index (κ1) is 20.2. The fourth-order valence-electron chi connectivity index (χ4n) is 3.44. The highest BCUT2D eigenvalue weighted by Gasteiger charge is 2.19. The third-order valence-corrected chi connectivity index (χ3v) is 5.14. The number of benzene rings is 2. The van der Waals surface area contributed by atoms with E-state index >= 15 is 0 Å². The van der Waals surface area contributed by atoms with Crippen LogP contribution < -0.4 is 15.5 Å². The highest BCUT2D eigenvalue weighted by molar-refractivity contribution is 6.31. The van der Waals surface area contributed by atoms with Crippen LogP contribution in [0.15, 0.2) is 61.2 Å². The van der Waals surface area contributed by atoms with Gasteiger partial charge >= 0.3 is 6.03 Å². The third-order valence-electron chi connectivity index (χ3n) is 4.90. The van der Waals surface area contributed by atoms with E-state index < -0.39 is 0 Å². The first-order valence-corrected chi connectivity index (χ1v) is 10.1. The van der Waals surface area contributed by atoms with Crippen LogP contribution in [-0.2, 0) is 11.3 Å². The molecule has 2 aromatic carbocycles. The van der Waals surface area contributed by atoms with Gasteiger partial charge in [0, 0.05) is 18.1 Å². The van der Waals surface area contributed by atoms with E-state index in [4.69, 9.17) is 16.3 Å². The lowest BCUT2D eigenvalue weighted by molar-refractivity contribution is 0.123. The van der Waals surface area contributed by atoms with Crippen LogP contribution in [0.2, 0.25) is 5.02 Å². The maximum atomic E-state index is 12.9. The van der Waals surface area contributed by atoms with Crippen LogP contribution in [0.5, 0.6) is 0 Å². The van der Waals surface area contributed by atoms with Gasteiger partial charge in [0.15, 0.2) is 0 Å². The Balaban J connectivity index is 1.51. The lowest BCUT2D eigenvalue weighted by atomic mass is 10.1. The molecule has 1 aromatic heterocycles. The first-order valence-electron chi connectivity index (χ1n) is 9.76. The largest absolute Gasteiger partial charge is 0.378 e. The Morgan fingerprint density at radius 3 is 2.70 bits per heavy atom. The van der Waals surface area contributed by atoms with Crippen molar-refractivity contribution in [2.45, 2.75) is 12.6 Å². The van der Waals surface area contributed by atoms with Gasteiger partial charge in [-0.15, -0.1) is 0 Å². The molecule has 156 valence electrons. The van der Waals surface area contributed by atoms with Gasteiger partial charge < -0.3 is 20.3 Å². The fourth-order valence-corrected chi connectivity index (χ4v) is 3.61. The van der Waals surface area contributed by atoms with Crippen LogP contribution in [0, 0.1) is 0 Å². The monoisotopic (exact) mass is 426 g/mol. The Labute approximate surface area is 179 Å². The summed E-state index contributed by atoms with van der Waals surface area (Å²) in [5, 5.41) is 10.7. The topological polar surface area (TPSA) is 84.3 Å². The third kappa shape index (κ3) is 5.08. The van der Waals surface area contributed by atoms with Crippen LogP contribution in [0.4, 0.5) is 16.2 Å². The molecule has 0 bridgehead atoms. The van der Waals surface area contributed by atoms with Crippen molar-refractivity contribution in [1.82, 2.24) is 20.1 Å². The second-order valence-electron chi connectivity index (χ2n) is 6.94. The summed E-state index contributed by atoms with van der Waals surface area (Å²) in [6, 6.07) is 14.7. The van der Waals surface area contributed by atoms with Gasteiger partial charge in [-0.2, -0.15) is 5.10 Å². The van der Waals surface area contributed by atoms with Crippen LogP contribution in [0.3, 0.4) is 0 Å². The summed E-state index contributed by atoms with van der Waals surface area (Å²) in [6.07, 6.45) is 3.10. The second-order valence-corrected chi connectivity index (χ2v) is 7.38. The van der Waals surface area contributed by atoms with E-state index in [1.54, 1.807) is 17.1 Å². The highest BCUT2D eigenvalue weighted by atomic mass is 35.5. The van der Waals surface area contributed by atoms with E-state index in [-0.39, 0.29) is 12.1 Å². The molecule has 0 radical (unpaired) electrons. The molecule has 2 N–H and O–H groups in total. The molecule has 9 heteroatoms. The smallest absolute Gasteiger partial charge is 0.319 e. The molecule has 30 heavy (non-hydrogen) atoms. The maximum Gasteiger partial charge on any atom is 0.319 e. The van der Waals surface area contributed by atoms with Crippen LogP contribution in [0.1, 0.15) is 11.6 Å². The van der Waals surface area contributed by atoms with Crippen molar-refractivity contribution in [2.75, 3.05) is 36.5 Å². The molecule has 2 amide bonds. The number of carbonyl (C=O) groups excluding carboxylic acids is 1. The molecule has 8 nitrogen and oxygen atoms in total. The summed E-state index contributed by atoms with van der Waals surface area (Å²) >= 11 is 6.20. The molecule has 1 unspecified atom stereocenters. The molecule has 1 atom stereocenters. The Hall–Kier alpha value is -3.10. The maximum absolute atomic E-state index is 12.9. The van der Waals surface area contributed by atoms with Crippen LogP contribution in [0.25, 0.3) is 0 Å². The van der Waals surface area contributed by atoms with E-state index in [0.29, 0.717) is 30.5 Å². The summed E-state index contributed by atoms with van der Waals surface area (Å²) < 4.78 is 7.13. The van der Waals surface area contributed by atoms with Crippen molar-refractivity contribution < 1.29 is 9.53 Å². The predicted octanol–water partition coefficient (Wildman–Crippen LogP) is 3.33. The average molecular weight is 427 g/mol. The zero-order chi connectivity index (χ0) is 20.8. The molecular formula is C21H23ClN6O2. The predicted molar refractivity (Wildman–Crippen MR) is 116 cm³/mol. The number of aromatic nitrogens is 3. The quantitative estimate of drug-likeness (QED) is 0.631. The average Bonchev–Trinajstić information content (AvgIpc) is 3.28. The molecule has 0 aliphatic carbocycles. The summed E-state index contributed by atoms with van der Waals surface area (Å²) in [7, 11) is 0. The van der Waals surface area contributed by atoms with Gasteiger partial charge in [-0.05, 0) is 23.8 Å². The van der Waals surface area contributed by atoms with Gasteiger partial charge in [0.2, 0.25) is 0 Å². The number of nitrogens with zero attached hydrogens (tertiary/aromatic N) is 4. The molecule has 1 aliphatic heterocycles. The molecule has 3 aromatic rings. The van der Waals surface area contributed by atoms with Gasteiger partial charge in [0.1, 0.15) is 12.7 Å². The molecule has 0 saturated carbocycles. The SMILES string of the molecule is O=C(Nc1cc(Cl)ccc1N1CCOCC1)NC(Cn1cncn1)c1ccccc1. The number of ether oxygens (including phenoxy) is 1. The van der Waals surface area contributed by atoms with Crippen molar-refractivity contribution in [3.8, 4) is 0 Å². The normalized spacial score (nSPS) is 14.9. The van der Waals surface area contributed by atoms with Gasteiger partial charge in [0.05, 0.1) is 37.2 Å². The summed E-state index contributed by atoms with van der Waals surface area (Å²) in [5.74, 6) is 0. The number of nitrogens with one attached hydrogen (secondary N) is 2. The molecule has 1 fully saturated rings. The number of rotatable bonds is 6. The Morgan fingerprint density at radius 2 is 1.97 bits per heavy atom. The Kier molecular flexibility index (Phi) is 6.46. The number of anilines is 2. The van der Waals surface area contributed by atoms with E-state index in [2.05, 4.69) is 25.6 Å². The van der Waals surface area contributed by atoms with Crippen molar-refractivity contribution in [2.24, 2.45) is 0 Å². The second kappa shape index (κ2) is 9.60. The van der Waals surface area contributed by atoms with E-state index in [9.17, 15) is 4.79 Å². The number of urea groups is 1. The van der Waals surface area contributed by atoms with E-state index in [1.165, 1.54) is 6.33 Å². The highest BCUT2D eigenvalue weighted by Crippen LogP contribution is 2.30. The number of morpholine rings is 1. The summed E-state index contributed by atoms with van der Waals surface area (Å²) in [4.78, 5) is 19.1. The zero-order valence-corrected chi connectivity index (χ0v) is 17.1. The zero-order valence-electron chi connectivity index (χ0n) is 16.4. The number of hydrogen-bond acceptors (Lipinski definition) is 5. The molecule has 4 rings (SSSR count). The molecule has 1 saturated heterocycles. The van der Waals surface area contributed by atoms with Gasteiger partial charge in [0.25, 0.3) is 0 Å². The van der Waals surface area contributed by atoms with E-state index in [0.717, 1.165) is 24.3 Å². The first-order chi connectivity index (χ1) is 14.7. The minimum atomic E-state index is -0.319. The Bertz CT molecular complexity index is 961. The van der Waals surface area contributed by atoms with Crippen molar-refractivity contribution in [3.63, 3.8) is 0 Å². The van der Waals surface area contributed by atoms with Crippen molar-refractivity contribution in [3.05, 3.63) is 71.8 Å². The summed E-state index contributed by atoms with van der Waals surface area (Å²) in [5.41, 5.74) is 2.56. The molecule has 0 spiro atoms.